The van der Waals surface area contributed by atoms with Crippen molar-refractivity contribution in [3.8, 4) is 0 Å². The summed E-state index contributed by atoms with van der Waals surface area (Å²) in [5.41, 5.74) is 2.63. The molecule has 0 bridgehead atoms. The number of hydrogen-bond donors (Lipinski definition) is 1. The van der Waals surface area contributed by atoms with E-state index in [0.717, 1.165) is 62.9 Å². The fraction of sp³-hybridized carbons (Fsp3) is 0.565. The monoisotopic (exact) mass is 397 g/mol. The van der Waals surface area contributed by atoms with E-state index in [1.807, 2.05) is 12.1 Å². The summed E-state index contributed by atoms with van der Waals surface area (Å²) >= 11 is 0. The molecule has 29 heavy (non-hydrogen) atoms. The van der Waals surface area contributed by atoms with Crippen molar-refractivity contribution in [2.45, 2.75) is 51.6 Å². The maximum absolute atomic E-state index is 12.3. The van der Waals surface area contributed by atoms with Gasteiger partial charge in [0.15, 0.2) is 0 Å². The van der Waals surface area contributed by atoms with E-state index in [4.69, 9.17) is 4.42 Å². The van der Waals surface area contributed by atoms with Crippen molar-refractivity contribution in [3.63, 3.8) is 0 Å². The lowest BCUT2D eigenvalue weighted by atomic mass is 10.0. The predicted molar refractivity (Wildman–Crippen MR) is 114 cm³/mol. The Morgan fingerprint density at radius 3 is 2.55 bits per heavy atom. The molecule has 2 aliphatic rings. The molecule has 2 aromatic rings. The molecule has 2 heterocycles. The highest BCUT2D eigenvalue weighted by atomic mass is 16.4. The number of nitrogens with one attached hydrogen (secondary N) is 1. The van der Waals surface area contributed by atoms with Gasteiger partial charge in [0.25, 0.3) is 0 Å². The standard InChI is InChI=1S/C23H31N3O3/c1-2-17-7-8-21-20(13-17)18(14-23(28)29-21)15-25-9-11-26(12-10-25)16-22(27)24-19-5-3-4-6-19/h7-8,13-14,19H,2-6,9-12,15-16H2,1H3,(H,24,27). The van der Waals surface area contributed by atoms with Crippen molar-refractivity contribution in [3.05, 3.63) is 45.8 Å². The summed E-state index contributed by atoms with van der Waals surface area (Å²) in [7, 11) is 0. The van der Waals surface area contributed by atoms with E-state index in [9.17, 15) is 9.59 Å². The third-order valence-electron chi connectivity index (χ3n) is 6.25. The SMILES string of the molecule is CCc1ccc2oc(=O)cc(CN3CCN(CC(=O)NC4CCCC4)CC3)c2c1. The predicted octanol–water partition coefficient (Wildman–Crippen LogP) is 2.53. The molecule has 0 unspecified atom stereocenters. The number of nitrogens with zero attached hydrogens (tertiary/aromatic N) is 2. The minimum atomic E-state index is -0.293. The molecule has 0 spiro atoms. The van der Waals surface area contributed by atoms with E-state index in [1.54, 1.807) is 6.07 Å². The van der Waals surface area contributed by atoms with Crippen LogP contribution in [0.4, 0.5) is 0 Å². The summed E-state index contributed by atoms with van der Waals surface area (Å²) in [4.78, 5) is 28.8. The van der Waals surface area contributed by atoms with E-state index in [0.29, 0.717) is 18.2 Å². The van der Waals surface area contributed by atoms with E-state index < -0.39 is 0 Å². The van der Waals surface area contributed by atoms with Crippen LogP contribution in [0.3, 0.4) is 0 Å². The quantitative estimate of drug-likeness (QED) is 0.759. The van der Waals surface area contributed by atoms with Crippen LogP contribution in [0.5, 0.6) is 0 Å². The van der Waals surface area contributed by atoms with Crippen molar-refractivity contribution in [1.82, 2.24) is 15.1 Å². The molecule has 0 radical (unpaired) electrons. The lowest BCUT2D eigenvalue weighted by molar-refractivity contribution is -0.123. The van der Waals surface area contributed by atoms with Crippen LogP contribution >= 0.6 is 0 Å². The van der Waals surface area contributed by atoms with Crippen LogP contribution in [-0.2, 0) is 17.8 Å². The number of carbonyl (C=O) groups excluding carboxylic acids is 1. The van der Waals surface area contributed by atoms with Crippen LogP contribution in [0.15, 0.2) is 33.5 Å². The lowest BCUT2D eigenvalue weighted by Crippen LogP contribution is -2.50. The number of hydrogen-bond acceptors (Lipinski definition) is 5. The summed E-state index contributed by atoms with van der Waals surface area (Å²) in [6.45, 7) is 6.88. The van der Waals surface area contributed by atoms with Crippen molar-refractivity contribution in [2.24, 2.45) is 0 Å². The van der Waals surface area contributed by atoms with Gasteiger partial charge >= 0.3 is 5.63 Å². The smallest absolute Gasteiger partial charge is 0.336 e. The molecule has 1 aromatic heterocycles. The van der Waals surface area contributed by atoms with E-state index in [-0.39, 0.29) is 11.5 Å². The zero-order chi connectivity index (χ0) is 20.2. The second-order valence-corrected chi connectivity index (χ2v) is 8.38. The number of benzene rings is 1. The van der Waals surface area contributed by atoms with Crippen molar-refractivity contribution >= 4 is 16.9 Å². The molecule has 4 rings (SSSR count). The van der Waals surface area contributed by atoms with Gasteiger partial charge in [0, 0.05) is 50.2 Å². The zero-order valence-corrected chi connectivity index (χ0v) is 17.3. The Labute approximate surface area is 171 Å². The minimum Gasteiger partial charge on any atom is -0.423 e. The van der Waals surface area contributed by atoms with Gasteiger partial charge in [0.2, 0.25) is 5.91 Å². The lowest BCUT2D eigenvalue weighted by Gasteiger charge is -2.34. The summed E-state index contributed by atoms with van der Waals surface area (Å²) in [6, 6.07) is 8.07. The zero-order valence-electron chi connectivity index (χ0n) is 17.3. The average Bonchev–Trinajstić information content (AvgIpc) is 3.22. The Hall–Kier alpha value is -2.18. The molecule has 1 amide bonds. The Kier molecular flexibility index (Phi) is 6.31. The van der Waals surface area contributed by atoms with Gasteiger partial charge in [-0.15, -0.1) is 0 Å². The molecule has 6 heteroatoms. The highest BCUT2D eigenvalue weighted by molar-refractivity contribution is 5.81. The van der Waals surface area contributed by atoms with Gasteiger partial charge in [-0.25, -0.2) is 4.79 Å². The maximum Gasteiger partial charge on any atom is 0.336 e. The number of piperazine rings is 1. The van der Waals surface area contributed by atoms with Gasteiger partial charge in [-0.3, -0.25) is 14.6 Å². The first-order valence-corrected chi connectivity index (χ1v) is 10.9. The molecule has 1 N–H and O–H groups in total. The second-order valence-electron chi connectivity index (χ2n) is 8.38. The molecule has 1 saturated carbocycles. The van der Waals surface area contributed by atoms with Crippen LogP contribution < -0.4 is 10.9 Å². The highest BCUT2D eigenvalue weighted by Gasteiger charge is 2.22. The van der Waals surface area contributed by atoms with E-state index in [2.05, 4.69) is 28.1 Å². The fourth-order valence-electron chi connectivity index (χ4n) is 4.52. The second kappa shape index (κ2) is 9.09. The first-order chi connectivity index (χ1) is 14.1. The molecule has 1 saturated heterocycles. The molecule has 1 aliphatic carbocycles. The van der Waals surface area contributed by atoms with Crippen molar-refractivity contribution in [2.75, 3.05) is 32.7 Å². The molecular formula is C23H31N3O3. The maximum atomic E-state index is 12.3. The van der Waals surface area contributed by atoms with Gasteiger partial charge in [-0.2, -0.15) is 0 Å². The number of rotatable bonds is 6. The first-order valence-electron chi connectivity index (χ1n) is 10.9. The summed E-state index contributed by atoms with van der Waals surface area (Å²) in [5.74, 6) is 0.157. The van der Waals surface area contributed by atoms with Crippen LogP contribution in [-0.4, -0.2) is 54.5 Å². The minimum absolute atomic E-state index is 0.157. The molecule has 1 aliphatic heterocycles. The number of fused-ring (bicyclic) bond motifs is 1. The molecule has 0 atom stereocenters. The highest BCUT2D eigenvalue weighted by Crippen LogP contribution is 2.21. The third-order valence-corrected chi connectivity index (χ3v) is 6.25. The van der Waals surface area contributed by atoms with Crippen LogP contribution in [0, 0.1) is 0 Å². The number of aryl methyl sites for hydroxylation is 1. The molecule has 156 valence electrons. The molecular weight excluding hydrogens is 366 g/mol. The van der Waals surface area contributed by atoms with Gasteiger partial charge in [-0.1, -0.05) is 25.8 Å². The summed E-state index contributed by atoms with van der Waals surface area (Å²) in [5, 5.41) is 4.20. The Balaban J connectivity index is 1.34. The third kappa shape index (κ3) is 5.06. The normalized spacial score (nSPS) is 19.1. The van der Waals surface area contributed by atoms with Gasteiger partial charge in [-0.05, 0) is 42.5 Å². The van der Waals surface area contributed by atoms with Gasteiger partial charge in [0.05, 0.1) is 6.54 Å². The van der Waals surface area contributed by atoms with Crippen molar-refractivity contribution in [1.29, 1.82) is 0 Å². The molecule has 6 nitrogen and oxygen atoms in total. The van der Waals surface area contributed by atoms with Crippen molar-refractivity contribution < 1.29 is 9.21 Å². The number of carbonyl (C=O) groups is 1. The summed E-state index contributed by atoms with van der Waals surface area (Å²) < 4.78 is 5.38. The molecule has 1 aromatic carbocycles. The van der Waals surface area contributed by atoms with Crippen LogP contribution in [0.2, 0.25) is 0 Å². The Bertz CT molecular complexity index is 909. The topological polar surface area (TPSA) is 65.8 Å². The van der Waals surface area contributed by atoms with Gasteiger partial charge in [0.1, 0.15) is 5.58 Å². The Morgan fingerprint density at radius 1 is 1.10 bits per heavy atom. The van der Waals surface area contributed by atoms with Crippen LogP contribution in [0.1, 0.15) is 43.7 Å². The fourth-order valence-corrected chi connectivity index (χ4v) is 4.52. The number of amides is 1. The molecule has 2 fully saturated rings. The Morgan fingerprint density at radius 2 is 1.83 bits per heavy atom. The largest absolute Gasteiger partial charge is 0.423 e. The van der Waals surface area contributed by atoms with Gasteiger partial charge < -0.3 is 9.73 Å². The average molecular weight is 398 g/mol. The first kappa shape index (κ1) is 20.1. The summed E-state index contributed by atoms with van der Waals surface area (Å²) in [6.07, 6.45) is 5.67. The van der Waals surface area contributed by atoms with Crippen LogP contribution in [0.25, 0.3) is 11.0 Å². The van der Waals surface area contributed by atoms with E-state index >= 15 is 0 Å². The van der Waals surface area contributed by atoms with E-state index in [1.165, 1.54) is 18.4 Å².